The van der Waals surface area contributed by atoms with Crippen LogP contribution in [0.3, 0.4) is 0 Å². The van der Waals surface area contributed by atoms with Gasteiger partial charge in [-0.2, -0.15) is 0 Å². The fraction of sp³-hybridized carbons (Fsp3) is 0.600. The van der Waals surface area contributed by atoms with Crippen LogP contribution >= 0.6 is 0 Å². The molecule has 2 aliphatic rings. The molecule has 0 spiro atoms. The standard InChI is InChI=1S/C10H15N5O2/c1-8-9(16)12-10(14-13-8)11-2-3-15-4-6-17-7-5-15/h1-7H2,(H,11,12,16). The van der Waals surface area contributed by atoms with Gasteiger partial charge in [-0.1, -0.05) is 6.58 Å². The summed E-state index contributed by atoms with van der Waals surface area (Å²) in [7, 11) is 0. The molecule has 92 valence electrons. The SMILES string of the molecule is C=C1N=NC(=NCCN2CCOCC2)NC1=O. The van der Waals surface area contributed by atoms with E-state index in [9.17, 15) is 4.79 Å². The molecular formula is C10H15N5O2. The molecule has 0 aromatic carbocycles. The zero-order valence-corrected chi connectivity index (χ0v) is 9.56. The molecule has 0 radical (unpaired) electrons. The Hall–Kier alpha value is -1.60. The van der Waals surface area contributed by atoms with Crippen molar-refractivity contribution in [3.05, 3.63) is 12.3 Å². The van der Waals surface area contributed by atoms with Gasteiger partial charge < -0.3 is 4.74 Å². The van der Waals surface area contributed by atoms with Gasteiger partial charge in [-0.05, 0) is 0 Å². The van der Waals surface area contributed by atoms with Crippen LogP contribution in [0.2, 0.25) is 0 Å². The topological polar surface area (TPSA) is 78.7 Å². The number of morpholine rings is 1. The van der Waals surface area contributed by atoms with Crippen LogP contribution < -0.4 is 5.32 Å². The molecule has 0 saturated carbocycles. The Morgan fingerprint density at radius 3 is 2.88 bits per heavy atom. The molecule has 0 unspecified atom stereocenters. The summed E-state index contributed by atoms with van der Waals surface area (Å²) in [6.07, 6.45) is 0. The lowest BCUT2D eigenvalue weighted by atomic mass is 10.4. The predicted octanol–water partition coefficient (Wildman–Crippen LogP) is -0.230. The van der Waals surface area contributed by atoms with Crippen molar-refractivity contribution in [1.29, 1.82) is 0 Å². The minimum absolute atomic E-state index is 0.108. The maximum atomic E-state index is 11.2. The Morgan fingerprint density at radius 1 is 1.41 bits per heavy atom. The fourth-order valence-corrected chi connectivity index (χ4v) is 1.55. The van der Waals surface area contributed by atoms with Gasteiger partial charge in [-0.3, -0.25) is 15.0 Å². The van der Waals surface area contributed by atoms with Crippen LogP contribution in [0.1, 0.15) is 0 Å². The molecular weight excluding hydrogens is 222 g/mol. The summed E-state index contributed by atoms with van der Waals surface area (Å²) in [6, 6.07) is 0. The highest BCUT2D eigenvalue weighted by molar-refractivity contribution is 6.06. The molecule has 2 heterocycles. The highest BCUT2D eigenvalue weighted by Gasteiger charge is 2.14. The van der Waals surface area contributed by atoms with Gasteiger partial charge in [0, 0.05) is 19.6 Å². The average molecular weight is 237 g/mol. The second kappa shape index (κ2) is 5.65. The first-order chi connectivity index (χ1) is 8.25. The molecule has 7 nitrogen and oxygen atoms in total. The number of nitrogens with one attached hydrogen (secondary N) is 1. The van der Waals surface area contributed by atoms with Crippen LogP contribution in [-0.2, 0) is 9.53 Å². The number of guanidine groups is 1. The molecule has 1 N–H and O–H groups in total. The van der Waals surface area contributed by atoms with Gasteiger partial charge in [0.1, 0.15) is 5.70 Å². The van der Waals surface area contributed by atoms with Crippen molar-refractivity contribution in [3.8, 4) is 0 Å². The van der Waals surface area contributed by atoms with Crippen molar-refractivity contribution in [2.75, 3.05) is 39.4 Å². The summed E-state index contributed by atoms with van der Waals surface area (Å²) < 4.78 is 5.24. The minimum atomic E-state index is -0.342. The van der Waals surface area contributed by atoms with E-state index in [1.165, 1.54) is 0 Å². The molecule has 1 saturated heterocycles. The number of nitrogens with zero attached hydrogens (tertiary/aromatic N) is 4. The number of carbonyl (C=O) groups is 1. The summed E-state index contributed by atoms with van der Waals surface area (Å²) in [5.41, 5.74) is 0.108. The van der Waals surface area contributed by atoms with E-state index in [4.69, 9.17) is 4.74 Å². The number of ether oxygens (including phenoxy) is 1. The first-order valence-corrected chi connectivity index (χ1v) is 5.52. The maximum Gasteiger partial charge on any atom is 0.277 e. The molecule has 7 heteroatoms. The summed E-state index contributed by atoms with van der Waals surface area (Å²) in [6.45, 7) is 8.24. The molecule has 1 amide bonds. The molecule has 1 fully saturated rings. The van der Waals surface area contributed by atoms with E-state index in [-0.39, 0.29) is 17.6 Å². The second-order valence-electron chi connectivity index (χ2n) is 3.76. The third-order valence-corrected chi connectivity index (χ3v) is 2.53. The number of carbonyl (C=O) groups excluding carboxylic acids is 1. The van der Waals surface area contributed by atoms with E-state index in [0.717, 1.165) is 32.8 Å². The van der Waals surface area contributed by atoms with E-state index in [1.807, 2.05) is 0 Å². The molecule has 0 aromatic rings. The van der Waals surface area contributed by atoms with Crippen molar-refractivity contribution in [2.24, 2.45) is 15.2 Å². The fourth-order valence-electron chi connectivity index (χ4n) is 1.55. The van der Waals surface area contributed by atoms with E-state index in [2.05, 4.69) is 32.0 Å². The van der Waals surface area contributed by atoms with Gasteiger partial charge in [-0.15, -0.1) is 10.2 Å². The summed E-state index contributed by atoms with van der Waals surface area (Å²) >= 11 is 0. The van der Waals surface area contributed by atoms with E-state index < -0.39 is 0 Å². The van der Waals surface area contributed by atoms with Crippen molar-refractivity contribution in [2.45, 2.75) is 0 Å². The van der Waals surface area contributed by atoms with Crippen LogP contribution in [0.4, 0.5) is 0 Å². The lowest BCUT2D eigenvalue weighted by Gasteiger charge is -2.25. The monoisotopic (exact) mass is 237 g/mol. The highest BCUT2D eigenvalue weighted by Crippen LogP contribution is 2.01. The summed E-state index contributed by atoms with van der Waals surface area (Å²) in [5, 5.41) is 9.87. The Balaban J connectivity index is 1.78. The number of amides is 1. The molecule has 0 aliphatic carbocycles. The Morgan fingerprint density at radius 2 is 2.18 bits per heavy atom. The first kappa shape index (κ1) is 11.9. The Bertz CT molecular complexity index is 371. The quantitative estimate of drug-likeness (QED) is 0.689. The zero-order chi connectivity index (χ0) is 12.1. The van der Waals surface area contributed by atoms with Crippen LogP contribution in [-0.4, -0.2) is 56.2 Å². The van der Waals surface area contributed by atoms with Crippen LogP contribution in [0.15, 0.2) is 27.5 Å². The molecule has 0 bridgehead atoms. The third-order valence-electron chi connectivity index (χ3n) is 2.53. The van der Waals surface area contributed by atoms with Gasteiger partial charge in [0.05, 0.1) is 19.8 Å². The predicted molar refractivity (Wildman–Crippen MR) is 61.7 cm³/mol. The first-order valence-electron chi connectivity index (χ1n) is 5.52. The van der Waals surface area contributed by atoms with Crippen molar-refractivity contribution >= 4 is 11.9 Å². The summed E-state index contributed by atoms with van der Waals surface area (Å²) in [4.78, 5) is 17.6. The zero-order valence-electron chi connectivity index (χ0n) is 9.56. The number of aliphatic imine (C=N–C) groups is 1. The molecule has 0 atom stereocenters. The largest absolute Gasteiger partial charge is 0.379 e. The lowest BCUT2D eigenvalue weighted by molar-refractivity contribution is -0.116. The number of hydrogen-bond acceptors (Lipinski definition) is 5. The molecule has 2 rings (SSSR count). The van der Waals surface area contributed by atoms with Crippen LogP contribution in [0, 0.1) is 0 Å². The second-order valence-corrected chi connectivity index (χ2v) is 3.76. The van der Waals surface area contributed by atoms with E-state index >= 15 is 0 Å². The number of azo groups is 1. The van der Waals surface area contributed by atoms with Gasteiger partial charge in [0.15, 0.2) is 0 Å². The smallest absolute Gasteiger partial charge is 0.277 e. The number of rotatable bonds is 3. The minimum Gasteiger partial charge on any atom is -0.379 e. The normalized spacial score (nSPS) is 24.1. The van der Waals surface area contributed by atoms with Gasteiger partial charge in [0.25, 0.3) is 5.91 Å². The van der Waals surface area contributed by atoms with Crippen LogP contribution in [0.5, 0.6) is 0 Å². The van der Waals surface area contributed by atoms with E-state index in [1.54, 1.807) is 0 Å². The lowest BCUT2D eigenvalue weighted by Crippen LogP contribution is -2.38. The Kier molecular flexibility index (Phi) is 3.94. The van der Waals surface area contributed by atoms with Crippen molar-refractivity contribution in [1.82, 2.24) is 10.2 Å². The van der Waals surface area contributed by atoms with Crippen molar-refractivity contribution in [3.63, 3.8) is 0 Å². The van der Waals surface area contributed by atoms with Gasteiger partial charge in [0.2, 0.25) is 5.96 Å². The van der Waals surface area contributed by atoms with Crippen LogP contribution in [0.25, 0.3) is 0 Å². The average Bonchev–Trinajstić information content (AvgIpc) is 2.35. The van der Waals surface area contributed by atoms with E-state index in [0.29, 0.717) is 6.54 Å². The van der Waals surface area contributed by atoms with Crippen molar-refractivity contribution < 1.29 is 9.53 Å². The molecule has 0 aromatic heterocycles. The molecule has 2 aliphatic heterocycles. The maximum absolute atomic E-state index is 11.2. The molecule has 17 heavy (non-hydrogen) atoms. The number of hydrogen-bond donors (Lipinski definition) is 1. The summed E-state index contributed by atoms with van der Waals surface area (Å²) in [5.74, 6) is -0.0826. The van der Waals surface area contributed by atoms with Gasteiger partial charge in [-0.25, -0.2) is 4.99 Å². The Labute approximate surface area is 99.2 Å². The highest BCUT2D eigenvalue weighted by atomic mass is 16.5. The third kappa shape index (κ3) is 3.43. The van der Waals surface area contributed by atoms with Gasteiger partial charge >= 0.3 is 0 Å².